The highest BCUT2D eigenvalue weighted by Gasteiger charge is 2.24. The Balaban J connectivity index is 1.11. The molecule has 2 N–H and O–H groups in total. The zero-order valence-electron chi connectivity index (χ0n) is 20.8. The van der Waals surface area contributed by atoms with Crippen LogP contribution in [0.15, 0.2) is 42.5 Å². The highest BCUT2D eigenvalue weighted by Crippen LogP contribution is 2.34. The second-order valence-electron chi connectivity index (χ2n) is 10.1. The molecule has 0 unspecified atom stereocenters. The van der Waals surface area contributed by atoms with Crippen LogP contribution in [-0.4, -0.2) is 67.7 Å². The second-order valence-corrected chi connectivity index (χ2v) is 10.1. The maximum absolute atomic E-state index is 13.0. The molecule has 3 aliphatic heterocycles. The molecule has 0 aromatic heterocycles. The van der Waals surface area contributed by atoms with Crippen molar-refractivity contribution in [1.82, 2.24) is 9.80 Å². The van der Waals surface area contributed by atoms with Gasteiger partial charge in [-0.1, -0.05) is 25.0 Å². The lowest BCUT2D eigenvalue weighted by Gasteiger charge is -2.34. The summed E-state index contributed by atoms with van der Waals surface area (Å²) in [5.41, 5.74) is 1.53. The van der Waals surface area contributed by atoms with Crippen molar-refractivity contribution in [3.63, 3.8) is 0 Å². The normalized spacial score (nSPS) is 19.0. The number of para-hydroxylation sites is 1. The first-order valence-corrected chi connectivity index (χ1v) is 13.2. The monoisotopic (exact) mass is 492 g/mol. The summed E-state index contributed by atoms with van der Waals surface area (Å²) in [7, 11) is 0. The van der Waals surface area contributed by atoms with Crippen LogP contribution < -0.4 is 20.1 Å². The highest BCUT2D eigenvalue weighted by atomic mass is 16.7. The van der Waals surface area contributed by atoms with Crippen LogP contribution in [0.25, 0.3) is 0 Å². The van der Waals surface area contributed by atoms with Gasteiger partial charge in [0, 0.05) is 18.3 Å². The summed E-state index contributed by atoms with van der Waals surface area (Å²) in [5.74, 6) is 1.60. The SMILES string of the molecule is O=C(CN1CCC(CN2CCCCCC2)CC1)Nc1ccccc1C(=O)Nc1ccc2c(c1)OCO2. The molecule has 36 heavy (non-hydrogen) atoms. The number of hydrogen-bond acceptors (Lipinski definition) is 6. The number of carbonyl (C=O) groups is 2. The van der Waals surface area contributed by atoms with E-state index in [9.17, 15) is 9.59 Å². The topological polar surface area (TPSA) is 83.1 Å². The Morgan fingerprint density at radius 3 is 2.39 bits per heavy atom. The fraction of sp³-hybridized carbons (Fsp3) is 0.500. The maximum Gasteiger partial charge on any atom is 0.257 e. The van der Waals surface area contributed by atoms with Crippen molar-refractivity contribution in [3.8, 4) is 11.5 Å². The molecule has 0 spiro atoms. The van der Waals surface area contributed by atoms with Crippen LogP contribution in [-0.2, 0) is 4.79 Å². The largest absolute Gasteiger partial charge is 0.454 e. The number of anilines is 2. The number of amides is 2. The number of nitrogens with zero attached hydrogens (tertiary/aromatic N) is 2. The molecule has 5 rings (SSSR count). The third-order valence-corrected chi connectivity index (χ3v) is 7.37. The minimum atomic E-state index is -0.293. The summed E-state index contributed by atoms with van der Waals surface area (Å²) >= 11 is 0. The predicted octanol–water partition coefficient (Wildman–Crippen LogP) is 4.19. The number of hydrogen-bond donors (Lipinski definition) is 2. The van der Waals surface area contributed by atoms with Gasteiger partial charge in [-0.25, -0.2) is 0 Å². The number of carbonyl (C=O) groups excluding carboxylic acids is 2. The lowest BCUT2D eigenvalue weighted by molar-refractivity contribution is -0.117. The zero-order valence-corrected chi connectivity index (χ0v) is 20.8. The Morgan fingerprint density at radius 1 is 0.833 bits per heavy atom. The Bertz CT molecular complexity index is 1060. The van der Waals surface area contributed by atoms with E-state index in [0.717, 1.165) is 31.8 Å². The minimum absolute atomic E-state index is 0.0932. The Labute approximate surface area is 212 Å². The molecule has 2 fully saturated rings. The third kappa shape index (κ3) is 6.36. The molecule has 0 aliphatic carbocycles. The highest BCUT2D eigenvalue weighted by molar-refractivity contribution is 6.10. The van der Waals surface area contributed by atoms with E-state index in [0.29, 0.717) is 35.0 Å². The molecule has 8 heteroatoms. The molecule has 2 saturated heterocycles. The van der Waals surface area contributed by atoms with E-state index < -0.39 is 0 Å². The van der Waals surface area contributed by atoms with Crippen molar-refractivity contribution >= 4 is 23.2 Å². The van der Waals surface area contributed by atoms with E-state index in [2.05, 4.69) is 20.4 Å². The molecule has 2 aromatic carbocycles. The van der Waals surface area contributed by atoms with Crippen molar-refractivity contribution in [2.75, 3.05) is 56.7 Å². The van der Waals surface area contributed by atoms with Crippen molar-refractivity contribution in [2.24, 2.45) is 5.92 Å². The average Bonchev–Trinajstić information content (AvgIpc) is 3.20. The van der Waals surface area contributed by atoms with E-state index in [1.54, 1.807) is 36.4 Å². The summed E-state index contributed by atoms with van der Waals surface area (Å²) in [5, 5.41) is 5.84. The third-order valence-electron chi connectivity index (χ3n) is 7.37. The number of piperidine rings is 1. The van der Waals surface area contributed by atoms with Gasteiger partial charge in [0.2, 0.25) is 12.7 Å². The summed E-state index contributed by atoms with van der Waals surface area (Å²) in [6, 6.07) is 12.4. The molecule has 0 atom stereocenters. The summed E-state index contributed by atoms with van der Waals surface area (Å²) in [6.45, 7) is 6.09. The number of nitrogens with one attached hydrogen (secondary N) is 2. The number of ether oxygens (including phenoxy) is 2. The van der Waals surface area contributed by atoms with Crippen molar-refractivity contribution in [1.29, 1.82) is 0 Å². The van der Waals surface area contributed by atoms with Gasteiger partial charge in [0.15, 0.2) is 11.5 Å². The number of rotatable bonds is 7. The van der Waals surface area contributed by atoms with Gasteiger partial charge in [0.1, 0.15) is 0 Å². The fourth-order valence-electron chi connectivity index (χ4n) is 5.37. The number of fused-ring (bicyclic) bond motifs is 1. The van der Waals surface area contributed by atoms with Crippen molar-refractivity contribution in [3.05, 3.63) is 48.0 Å². The Hall–Kier alpha value is -3.10. The molecule has 2 aromatic rings. The van der Waals surface area contributed by atoms with Crippen LogP contribution in [0.1, 0.15) is 48.9 Å². The van der Waals surface area contributed by atoms with Gasteiger partial charge in [-0.15, -0.1) is 0 Å². The van der Waals surface area contributed by atoms with E-state index in [4.69, 9.17) is 9.47 Å². The van der Waals surface area contributed by atoms with Crippen LogP contribution >= 0.6 is 0 Å². The Morgan fingerprint density at radius 2 is 1.58 bits per heavy atom. The Kier molecular flexibility index (Phi) is 8.03. The summed E-state index contributed by atoms with van der Waals surface area (Å²) in [4.78, 5) is 30.7. The molecule has 2 amide bonds. The van der Waals surface area contributed by atoms with Gasteiger partial charge < -0.3 is 25.0 Å². The van der Waals surface area contributed by atoms with Crippen LogP contribution in [0.3, 0.4) is 0 Å². The van der Waals surface area contributed by atoms with E-state index in [1.165, 1.54) is 45.3 Å². The molecule has 0 saturated carbocycles. The minimum Gasteiger partial charge on any atom is -0.454 e. The van der Waals surface area contributed by atoms with Gasteiger partial charge in [0.25, 0.3) is 5.91 Å². The molecule has 192 valence electrons. The van der Waals surface area contributed by atoms with Crippen LogP contribution in [0.2, 0.25) is 0 Å². The molecule has 8 nitrogen and oxygen atoms in total. The fourth-order valence-corrected chi connectivity index (χ4v) is 5.37. The smallest absolute Gasteiger partial charge is 0.257 e. The summed E-state index contributed by atoms with van der Waals surface area (Å²) in [6.07, 6.45) is 7.67. The quantitative estimate of drug-likeness (QED) is 0.603. The molecular weight excluding hydrogens is 456 g/mol. The number of likely N-dealkylation sites (tertiary alicyclic amines) is 2. The lowest BCUT2D eigenvalue weighted by atomic mass is 9.96. The summed E-state index contributed by atoms with van der Waals surface area (Å²) < 4.78 is 10.7. The van der Waals surface area contributed by atoms with Gasteiger partial charge in [0.05, 0.1) is 17.8 Å². The van der Waals surface area contributed by atoms with Crippen molar-refractivity contribution in [2.45, 2.75) is 38.5 Å². The van der Waals surface area contributed by atoms with E-state index >= 15 is 0 Å². The first-order valence-electron chi connectivity index (χ1n) is 13.2. The van der Waals surface area contributed by atoms with Gasteiger partial charge in [-0.3, -0.25) is 14.5 Å². The van der Waals surface area contributed by atoms with Gasteiger partial charge >= 0.3 is 0 Å². The molecule has 3 heterocycles. The van der Waals surface area contributed by atoms with E-state index in [-0.39, 0.29) is 18.6 Å². The maximum atomic E-state index is 13.0. The van der Waals surface area contributed by atoms with Gasteiger partial charge in [-0.2, -0.15) is 0 Å². The van der Waals surface area contributed by atoms with Crippen LogP contribution in [0, 0.1) is 5.92 Å². The molecule has 0 bridgehead atoms. The first-order chi connectivity index (χ1) is 17.6. The lowest BCUT2D eigenvalue weighted by Crippen LogP contribution is -2.42. The molecule has 0 radical (unpaired) electrons. The standard InChI is InChI=1S/C28H36N4O4/c33-27(19-32-15-11-21(12-16-32)18-31-13-5-1-2-6-14-31)30-24-8-4-3-7-23(24)28(34)29-22-9-10-25-26(17-22)36-20-35-25/h3-4,7-10,17,21H,1-2,5-6,11-16,18-20H2,(H,29,34)(H,30,33). The van der Waals surface area contributed by atoms with E-state index in [1.807, 2.05) is 6.07 Å². The second kappa shape index (κ2) is 11.8. The molecule has 3 aliphatic rings. The molecular formula is C28H36N4O4. The van der Waals surface area contributed by atoms with Crippen LogP contribution in [0.5, 0.6) is 11.5 Å². The number of benzene rings is 2. The average molecular weight is 493 g/mol. The van der Waals surface area contributed by atoms with Crippen LogP contribution in [0.4, 0.5) is 11.4 Å². The predicted molar refractivity (Wildman–Crippen MR) is 140 cm³/mol. The zero-order chi connectivity index (χ0) is 24.7. The first kappa shape index (κ1) is 24.6. The van der Waals surface area contributed by atoms with Gasteiger partial charge in [-0.05, 0) is 82.0 Å². The van der Waals surface area contributed by atoms with Crippen molar-refractivity contribution < 1.29 is 19.1 Å².